The van der Waals surface area contributed by atoms with Gasteiger partial charge >= 0.3 is 0 Å². The molecule has 36 heavy (non-hydrogen) atoms. The van der Waals surface area contributed by atoms with Gasteiger partial charge < -0.3 is 15.3 Å². The van der Waals surface area contributed by atoms with Crippen LogP contribution in [0.25, 0.3) is 0 Å². The van der Waals surface area contributed by atoms with Crippen molar-refractivity contribution in [3.8, 4) is 0 Å². The van der Waals surface area contributed by atoms with E-state index in [-0.39, 0.29) is 19.3 Å². The maximum absolute atomic E-state index is 10.2. The summed E-state index contributed by atoms with van der Waals surface area (Å²) in [5.41, 5.74) is 0. The summed E-state index contributed by atoms with van der Waals surface area (Å²) in [4.78, 5) is 2.21. The molecule has 0 rings (SSSR count). The predicted octanol–water partition coefficient (Wildman–Crippen LogP) is 8.26. The third-order valence-corrected chi connectivity index (χ3v) is 7.85. The molecule has 0 fully saturated rings. The Labute approximate surface area is 226 Å². The van der Waals surface area contributed by atoms with Crippen molar-refractivity contribution < 1.29 is 15.3 Å². The molecule has 0 aromatic carbocycles. The standard InChI is InChI=1S/C32H67NO3/c1-3-5-7-9-12-16-22-31(23-17-13-10-8-6-4-2)24-18-14-11-15-20-26-33(27-29-35)30-32(36)25-19-21-28-34/h31-32,34-36H,3-30H2,1-2H3. The van der Waals surface area contributed by atoms with Crippen LogP contribution < -0.4 is 0 Å². The third-order valence-electron chi connectivity index (χ3n) is 7.85. The smallest absolute Gasteiger partial charge is 0.0667 e. The van der Waals surface area contributed by atoms with Gasteiger partial charge in [0.2, 0.25) is 0 Å². The highest BCUT2D eigenvalue weighted by atomic mass is 16.3. The quantitative estimate of drug-likeness (QED) is 0.0846. The first-order valence-corrected chi connectivity index (χ1v) is 16.3. The molecule has 0 radical (unpaired) electrons. The van der Waals surface area contributed by atoms with Gasteiger partial charge in [0, 0.05) is 19.7 Å². The molecule has 0 amide bonds. The number of rotatable bonds is 30. The highest BCUT2D eigenvalue weighted by Crippen LogP contribution is 2.24. The average Bonchev–Trinajstić information content (AvgIpc) is 2.87. The Morgan fingerprint density at radius 1 is 0.472 bits per heavy atom. The van der Waals surface area contributed by atoms with Gasteiger partial charge in [0.15, 0.2) is 0 Å². The molecule has 0 heterocycles. The summed E-state index contributed by atoms with van der Waals surface area (Å²) < 4.78 is 0. The van der Waals surface area contributed by atoms with Crippen LogP contribution in [0.3, 0.4) is 0 Å². The lowest BCUT2D eigenvalue weighted by molar-refractivity contribution is 0.0895. The Hall–Kier alpha value is -0.160. The molecule has 0 spiro atoms. The van der Waals surface area contributed by atoms with Crippen LogP contribution in [0.1, 0.15) is 162 Å². The molecular formula is C32H67NO3. The van der Waals surface area contributed by atoms with Crippen molar-refractivity contribution in [1.82, 2.24) is 4.90 Å². The molecule has 1 unspecified atom stereocenters. The molecule has 0 aromatic rings. The van der Waals surface area contributed by atoms with Crippen LogP contribution in [0, 0.1) is 5.92 Å². The van der Waals surface area contributed by atoms with Crippen LogP contribution in [-0.2, 0) is 0 Å². The first kappa shape index (κ1) is 35.8. The molecule has 0 bridgehead atoms. The number of aliphatic hydroxyl groups excluding tert-OH is 3. The van der Waals surface area contributed by atoms with E-state index in [1.54, 1.807) is 0 Å². The topological polar surface area (TPSA) is 63.9 Å². The second-order valence-corrected chi connectivity index (χ2v) is 11.4. The van der Waals surface area contributed by atoms with Gasteiger partial charge in [0.25, 0.3) is 0 Å². The second-order valence-electron chi connectivity index (χ2n) is 11.4. The summed E-state index contributed by atoms with van der Waals surface area (Å²) >= 11 is 0. The van der Waals surface area contributed by atoms with Gasteiger partial charge in [-0.15, -0.1) is 0 Å². The van der Waals surface area contributed by atoms with Gasteiger partial charge in [-0.25, -0.2) is 0 Å². The zero-order valence-electron chi connectivity index (χ0n) is 24.7. The maximum atomic E-state index is 10.2. The zero-order valence-corrected chi connectivity index (χ0v) is 24.7. The van der Waals surface area contributed by atoms with E-state index in [0.29, 0.717) is 13.1 Å². The van der Waals surface area contributed by atoms with E-state index < -0.39 is 0 Å². The van der Waals surface area contributed by atoms with E-state index in [1.807, 2.05) is 0 Å². The molecule has 0 aliphatic carbocycles. The first-order chi connectivity index (χ1) is 17.7. The molecule has 0 aliphatic heterocycles. The molecule has 3 N–H and O–H groups in total. The van der Waals surface area contributed by atoms with Crippen LogP contribution in [0.2, 0.25) is 0 Å². The summed E-state index contributed by atoms with van der Waals surface area (Å²) in [7, 11) is 0. The normalized spacial score (nSPS) is 12.8. The number of hydrogen-bond acceptors (Lipinski definition) is 4. The molecule has 0 aliphatic rings. The Kier molecular flexibility index (Phi) is 29.3. The second kappa shape index (κ2) is 29.4. The third kappa shape index (κ3) is 25.5. The van der Waals surface area contributed by atoms with E-state index in [4.69, 9.17) is 5.11 Å². The van der Waals surface area contributed by atoms with Crippen LogP contribution >= 0.6 is 0 Å². The summed E-state index contributed by atoms with van der Waals surface area (Å²) in [6.07, 6.45) is 29.8. The Balaban J connectivity index is 4.05. The molecule has 0 saturated carbocycles. The number of aliphatic hydroxyl groups is 3. The van der Waals surface area contributed by atoms with E-state index in [2.05, 4.69) is 18.7 Å². The van der Waals surface area contributed by atoms with Gasteiger partial charge in [0.05, 0.1) is 12.7 Å². The van der Waals surface area contributed by atoms with Crippen molar-refractivity contribution in [1.29, 1.82) is 0 Å². The summed E-state index contributed by atoms with van der Waals surface area (Å²) in [5, 5.41) is 28.5. The minimum Gasteiger partial charge on any atom is -0.396 e. The van der Waals surface area contributed by atoms with Crippen LogP contribution in [0.5, 0.6) is 0 Å². The van der Waals surface area contributed by atoms with Crippen molar-refractivity contribution in [3.63, 3.8) is 0 Å². The zero-order chi connectivity index (χ0) is 26.5. The fourth-order valence-corrected chi connectivity index (χ4v) is 5.48. The van der Waals surface area contributed by atoms with Crippen LogP contribution in [0.15, 0.2) is 0 Å². The molecule has 0 saturated heterocycles. The first-order valence-electron chi connectivity index (χ1n) is 16.3. The fourth-order valence-electron chi connectivity index (χ4n) is 5.48. The lowest BCUT2D eigenvalue weighted by Gasteiger charge is -2.24. The van der Waals surface area contributed by atoms with Gasteiger partial charge in [0.1, 0.15) is 0 Å². The molecule has 218 valence electrons. The van der Waals surface area contributed by atoms with Crippen molar-refractivity contribution in [2.75, 3.05) is 32.8 Å². The van der Waals surface area contributed by atoms with Crippen molar-refractivity contribution in [2.45, 2.75) is 168 Å². The summed E-state index contributed by atoms with van der Waals surface area (Å²) in [6.45, 7) is 7.22. The van der Waals surface area contributed by atoms with Crippen LogP contribution in [0.4, 0.5) is 0 Å². The summed E-state index contributed by atoms with van der Waals surface area (Å²) in [5.74, 6) is 0.953. The van der Waals surface area contributed by atoms with Crippen molar-refractivity contribution in [3.05, 3.63) is 0 Å². The SMILES string of the molecule is CCCCCCCCC(CCCCCCCC)CCCCCCCN(CCO)CC(O)CCCCO. The summed E-state index contributed by atoms with van der Waals surface area (Å²) in [6, 6.07) is 0. The highest BCUT2D eigenvalue weighted by Gasteiger charge is 2.12. The minimum atomic E-state index is -0.349. The average molecular weight is 514 g/mol. The predicted molar refractivity (Wildman–Crippen MR) is 158 cm³/mol. The largest absolute Gasteiger partial charge is 0.396 e. The minimum absolute atomic E-state index is 0.155. The van der Waals surface area contributed by atoms with E-state index in [9.17, 15) is 10.2 Å². The molecule has 4 heteroatoms. The van der Waals surface area contributed by atoms with Gasteiger partial charge in [-0.1, -0.05) is 136 Å². The lowest BCUT2D eigenvalue weighted by Crippen LogP contribution is -2.35. The highest BCUT2D eigenvalue weighted by molar-refractivity contribution is 4.66. The molecule has 4 nitrogen and oxygen atoms in total. The van der Waals surface area contributed by atoms with Crippen molar-refractivity contribution >= 4 is 0 Å². The van der Waals surface area contributed by atoms with Gasteiger partial charge in [-0.3, -0.25) is 4.90 Å². The van der Waals surface area contributed by atoms with Gasteiger partial charge in [-0.2, -0.15) is 0 Å². The number of unbranched alkanes of at least 4 members (excludes halogenated alkanes) is 15. The Morgan fingerprint density at radius 3 is 1.39 bits per heavy atom. The van der Waals surface area contributed by atoms with Crippen LogP contribution in [-0.4, -0.2) is 59.2 Å². The fraction of sp³-hybridized carbons (Fsp3) is 1.00. The molecular weight excluding hydrogens is 446 g/mol. The van der Waals surface area contributed by atoms with Crippen molar-refractivity contribution in [2.24, 2.45) is 5.92 Å². The Morgan fingerprint density at radius 2 is 0.917 bits per heavy atom. The Bertz CT molecular complexity index is 391. The molecule has 1 atom stereocenters. The number of hydrogen-bond donors (Lipinski definition) is 3. The number of nitrogens with zero attached hydrogens (tertiary/aromatic N) is 1. The maximum Gasteiger partial charge on any atom is 0.0667 e. The lowest BCUT2D eigenvalue weighted by atomic mass is 9.89. The monoisotopic (exact) mass is 514 g/mol. The van der Waals surface area contributed by atoms with E-state index in [0.717, 1.165) is 38.1 Å². The van der Waals surface area contributed by atoms with Gasteiger partial charge in [-0.05, 0) is 38.1 Å². The van der Waals surface area contributed by atoms with E-state index >= 15 is 0 Å². The van der Waals surface area contributed by atoms with E-state index in [1.165, 1.54) is 122 Å². The molecule has 0 aromatic heterocycles.